The predicted molar refractivity (Wildman–Crippen MR) is 75.8 cm³/mol. The molecule has 5 rings (SSSR count). The number of rotatable bonds is 5. The van der Waals surface area contributed by atoms with Gasteiger partial charge in [-0.3, -0.25) is 0 Å². The molecule has 1 aromatic heterocycles. The molecule has 4 aliphatic rings. The molecule has 3 nitrogen and oxygen atoms in total. The summed E-state index contributed by atoms with van der Waals surface area (Å²) in [4.78, 5) is 7.25. The highest BCUT2D eigenvalue weighted by Gasteiger charge is 2.50. The Balaban J connectivity index is 1.30. The summed E-state index contributed by atoms with van der Waals surface area (Å²) in [6.45, 7) is 2.34. The normalized spacial score (nSPS) is 39.9. The zero-order valence-corrected chi connectivity index (χ0v) is 11.7. The van der Waals surface area contributed by atoms with Gasteiger partial charge in [0, 0.05) is 31.4 Å². The predicted octanol–water partition coefficient (Wildman–Crippen LogP) is 2.76. The fourth-order valence-electron chi connectivity index (χ4n) is 5.50. The molecule has 4 bridgehead atoms. The van der Waals surface area contributed by atoms with Gasteiger partial charge < -0.3 is 10.3 Å². The molecular weight excluding hydrogens is 234 g/mol. The van der Waals surface area contributed by atoms with E-state index in [9.17, 15) is 0 Å². The lowest BCUT2D eigenvalue weighted by atomic mass is 9.49. The van der Waals surface area contributed by atoms with E-state index in [2.05, 4.69) is 15.3 Å². The van der Waals surface area contributed by atoms with Gasteiger partial charge in [0.15, 0.2) is 0 Å². The molecule has 1 aromatic rings. The van der Waals surface area contributed by atoms with Crippen LogP contribution in [0.1, 0.15) is 44.2 Å². The minimum absolute atomic E-state index is 0.669. The Kier molecular flexibility index (Phi) is 2.91. The van der Waals surface area contributed by atoms with Crippen molar-refractivity contribution in [3.05, 3.63) is 18.2 Å². The van der Waals surface area contributed by atoms with E-state index in [0.29, 0.717) is 5.41 Å². The Morgan fingerprint density at radius 2 is 1.84 bits per heavy atom. The number of imidazole rings is 1. The molecule has 0 aliphatic heterocycles. The molecule has 1 heterocycles. The summed E-state index contributed by atoms with van der Waals surface area (Å²) in [5, 5.41) is 3.73. The monoisotopic (exact) mass is 259 g/mol. The van der Waals surface area contributed by atoms with Crippen molar-refractivity contribution in [1.29, 1.82) is 0 Å². The Hall–Kier alpha value is -0.830. The maximum absolute atomic E-state index is 4.07. The van der Waals surface area contributed by atoms with E-state index in [1.165, 1.54) is 31.5 Å². The third kappa shape index (κ3) is 2.33. The molecule has 3 heteroatoms. The number of aromatic amines is 1. The maximum atomic E-state index is 4.07. The van der Waals surface area contributed by atoms with Crippen LogP contribution in [0.2, 0.25) is 0 Å². The summed E-state index contributed by atoms with van der Waals surface area (Å²) in [5.74, 6) is 3.21. The summed E-state index contributed by atoms with van der Waals surface area (Å²) >= 11 is 0. The zero-order chi connectivity index (χ0) is 12.7. The fraction of sp³-hybridized carbons (Fsp3) is 0.812. The third-order valence-corrected chi connectivity index (χ3v) is 5.79. The van der Waals surface area contributed by atoms with E-state index < -0.39 is 0 Å². The van der Waals surface area contributed by atoms with E-state index >= 15 is 0 Å². The van der Waals surface area contributed by atoms with Crippen molar-refractivity contribution in [2.45, 2.75) is 44.9 Å². The highest BCUT2D eigenvalue weighted by molar-refractivity contribution is 5.02. The number of nitrogens with one attached hydrogen (secondary N) is 2. The van der Waals surface area contributed by atoms with Gasteiger partial charge in [-0.25, -0.2) is 4.98 Å². The standard InChI is InChI=1S/C16H25N3/c1(15-9-18-11-19-15)2-17-10-16-6-12-3-13(7-16)5-14(4-12)8-16/h9,11-14,17H,1-8,10H2,(H,18,19). The van der Waals surface area contributed by atoms with Crippen LogP contribution in [0.3, 0.4) is 0 Å². The summed E-state index contributed by atoms with van der Waals surface area (Å²) in [6.07, 6.45) is 14.0. The van der Waals surface area contributed by atoms with Crippen LogP contribution in [0, 0.1) is 23.2 Å². The Morgan fingerprint density at radius 3 is 2.42 bits per heavy atom. The first-order valence-corrected chi connectivity index (χ1v) is 7.99. The molecule has 4 fully saturated rings. The summed E-state index contributed by atoms with van der Waals surface area (Å²) in [6, 6.07) is 0. The molecule has 0 saturated heterocycles. The molecule has 2 N–H and O–H groups in total. The van der Waals surface area contributed by atoms with Crippen molar-refractivity contribution in [1.82, 2.24) is 15.3 Å². The minimum Gasteiger partial charge on any atom is -0.348 e. The lowest BCUT2D eigenvalue weighted by Gasteiger charge is -2.57. The molecule has 4 aliphatic carbocycles. The van der Waals surface area contributed by atoms with Crippen molar-refractivity contribution in [3.63, 3.8) is 0 Å². The van der Waals surface area contributed by atoms with Gasteiger partial charge in [0.2, 0.25) is 0 Å². The van der Waals surface area contributed by atoms with Gasteiger partial charge in [-0.05, 0) is 61.7 Å². The minimum atomic E-state index is 0.669. The van der Waals surface area contributed by atoms with Crippen molar-refractivity contribution in [2.75, 3.05) is 13.1 Å². The topological polar surface area (TPSA) is 40.7 Å². The molecule has 0 aromatic carbocycles. The molecule has 0 atom stereocenters. The first-order chi connectivity index (χ1) is 9.31. The van der Waals surface area contributed by atoms with Crippen LogP contribution in [0.4, 0.5) is 0 Å². The SMILES string of the molecule is c1ncc(CCNCC23CC4CC(CC(C4)C2)C3)[nH]1. The first-order valence-electron chi connectivity index (χ1n) is 7.99. The Bertz CT molecular complexity index is 388. The number of H-pyrrole nitrogens is 1. The van der Waals surface area contributed by atoms with Gasteiger partial charge in [-0.15, -0.1) is 0 Å². The van der Waals surface area contributed by atoms with Gasteiger partial charge in [0.1, 0.15) is 0 Å². The largest absolute Gasteiger partial charge is 0.348 e. The number of nitrogens with zero attached hydrogens (tertiary/aromatic N) is 1. The Morgan fingerprint density at radius 1 is 1.16 bits per heavy atom. The fourth-order valence-corrected chi connectivity index (χ4v) is 5.50. The summed E-state index contributed by atoms with van der Waals surface area (Å²) in [5.41, 5.74) is 1.92. The summed E-state index contributed by atoms with van der Waals surface area (Å²) < 4.78 is 0. The van der Waals surface area contributed by atoms with Crippen LogP contribution < -0.4 is 5.32 Å². The highest BCUT2D eigenvalue weighted by Crippen LogP contribution is 2.59. The first kappa shape index (κ1) is 12.0. The zero-order valence-electron chi connectivity index (χ0n) is 11.7. The molecule has 0 amide bonds. The number of hydrogen-bond donors (Lipinski definition) is 2. The number of aromatic nitrogens is 2. The quantitative estimate of drug-likeness (QED) is 0.798. The lowest BCUT2D eigenvalue weighted by molar-refractivity contribution is -0.0511. The van der Waals surface area contributed by atoms with E-state index in [1.54, 1.807) is 25.6 Å². The van der Waals surface area contributed by atoms with E-state index in [4.69, 9.17) is 0 Å². The smallest absolute Gasteiger partial charge is 0.0921 e. The van der Waals surface area contributed by atoms with Crippen LogP contribution in [0.25, 0.3) is 0 Å². The van der Waals surface area contributed by atoms with Crippen molar-refractivity contribution >= 4 is 0 Å². The molecule has 4 saturated carbocycles. The van der Waals surface area contributed by atoms with Crippen LogP contribution >= 0.6 is 0 Å². The van der Waals surface area contributed by atoms with Gasteiger partial charge in [0.25, 0.3) is 0 Å². The lowest BCUT2D eigenvalue weighted by Crippen LogP contribution is -2.50. The average molecular weight is 259 g/mol. The molecule has 19 heavy (non-hydrogen) atoms. The van der Waals surface area contributed by atoms with Crippen LogP contribution in [-0.4, -0.2) is 23.1 Å². The molecule has 104 valence electrons. The van der Waals surface area contributed by atoms with Crippen molar-refractivity contribution < 1.29 is 0 Å². The second-order valence-electron chi connectivity index (χ2n) is 7.42. The van der Waals surface area contributed by atoms with Crippen molar-refractivity contribution in [2.24, 2.45) is 23.2 Å². The van der Waals surface area contributed by atoms with Gasteiger partial charge in [-0.1, -0.05) is 0 Å². The van der Waals surface area contributed by atoms with Crippen molar-refractivity contribution in [3.8, 4) is 0 Å². The summed E-state index contributed by atoms with van der Waals surface area (Å²) in [7, 11) is 0. The van der Waals surface area contributed by atoms with Crippen LogP contribution in [-0.2, 0) is 6.42 Å². The molecular formula is C16H25N3. The van der Waals surface area contributed by atoms with Gasteiger partial charge >= 0.3 is 0 Å². The third-order valence-electron chi connectivity index (χ3n) is 5.79. The molecule has 0 radical (unpaired) electrons. The second-order valence-corrected chi connectivity index (χ2v) is 7.42. The molecule has 0 spiro atoms. The number of hydrogen-bond acceptors (Lipinski definition) is 2. The second kappa shape index (κ2) is 4.62. The van der Waals surface area contributed by atoms with Crippen LogP contribution in [0.15, 0.2) is 12.5 Å². The van der Waals surface area contributed by atoms with E-state index in [0.717, 1.165) is 30.7 Å². The van der Waals surface area contributed by atoms with Gasteiger partial charge in [0.05, 0.1) is 6.33 Å². The van der Waals surface area contributed by atoms with Crippen LogP contribution in [0.5, 0.6) is 0 Å². The molecule has 0 unspecified atom stereocenters. The Labute approximate surface area is 115 Å². The highest BCUT2D eigenvalue weighted by atomic mass is 14.9. The van der Waals surface area contributed by atoms with E-state index in [1.807, 2.05) is 6.20 Å². The average Bonchev–Trinajstić information content (AvgIpc) is 2.86. The van der Waals surface area contributed by atoms with Gasteiger partial charge in [-0.2, -0.15) is 0 Å². The maximum Gasteiger partial charge on any atom is 0.0921 e. The van der Waals surface area contributed by atoms with E-state index in [-0.39, 0.29) is 0 Å².